The van der Waals surface area contributed by atoms with Crippen molar-refractivity contribution in [2.45, 2.75) is 180 Å². The van der Waals surface area contributed by atoms with Gasteiger partial charge in [-0.2, -0.15) is 0 Å². The highest BCUT2D eigenvalue weighted by Gasteiger charge is 2.27. The lowest BCUT2D eigenvalue weighted by atomic mass is 10.1. The molecule has 8 nitrogen and oxygen atoms in total. The quantitative estimate of drug-likeness (QED) is 0.0243. The highest BCUT2D eigenvalue weighted by Crippen LogP contribution is 2.43. The zero-order chi connectivity index (χ0) is 48.5. The molecule has 0 spiro atoms. The zero-order valence-corrected chi connectivity index (χ0v) is 43.3. The number of aliphatic hydroxyl groups excluding tert-OH is 1. The fourth-order valence-electron chi connectivity index (χ4n) is 6.35. The number of amides is 1. The number of rotatable bonds is 44. The molecule has 0 bridgehead atoms. The minimum absolute atomic E-state index is 0.0473. The van der Waals surface area contributed by atoms with Crippen LogP contribution in [0.3, 0.4) is 0 Å². The van der Waals surface area contributed by atoms with Gasteiger partial charge in [0.25, 0.3) is 0 Å². The van der Waals surface area contributed by atoms with Crippen molar-refractivity contribution in [1.82, 2.24) is 5.32 Å². The lowest BCUT2D eigenvalue weighted by Gasteiger charge is -2.25. The van der Waals surface area contributed by atoms with Gasteiger partial charge in [0.05, 0.1) is 39.9 Å². The summed E-state index contributed by atoms with van der Waals surface area (Å²) in [4.78, 5) is 23.0. The van der Waals surface area contributed by atoms with E-state index in [0.717, 1.165) is 109 Å². The SMILES string of the molecule is CC/C=C\C/C=C\C/C=C\C/C=C\C/C=C\C/C=C\C/C=C\C/C=C\C/C=C\CCCCCCCCCCCC(=O)NC(COP(=O)(O)OCC[N+](C)(C)C)C(O)/C=C/CC/C=C/CCC. The highest BCUT2D eigenvalue weighted by atomic mass is 31.2. The standard InChI is InChI=1S/C57H95N2O6P/c1-6-8-10-12-14-15-16-17-18-19-20-21-22-23-24-25-26-27-28-29-30-31-32-33-34-35-36-37-38-39-40-41-42-43-45-47-49-51-57(61)58-55(56(60)50-48-46-44-13-11-9-7-2)54-65-66(62,63)64-53-52-59(3,4)5/h8,10-11,13-15,17-18,20-21,23-24,26-27,29-30,32-33,35-36,48,50,55-56,60H,6-7,9,12,16,19,22,25,28,31,34,37-47,49,51-54H2,1-5H3,(H-,58,61,62,63)/p+1/b10-8-,13-11+,15-14-,18-17-,21-20-,24-23-,27-26-,30-29-,33-32-,36-35-,50-48+. The highest BCUT2D eigenvalue weighted by molar-refractivity contribution is 7.47. The Morgan fingerprint density at radius 1 is 0.530 bits per heavy atom. The predicted molar refractivity (Wildman–Crippen MR) is 285 cm³/mol. The van der Waals surface area contributed by atoms with Crippen molar-refractivity contribution >= 4 is 13.7 Å². The Balaban J connectivity index is 4.04. The Kier molecular flexibility index (Phi) is 44.4. The fraction of sp³-hybridized carbons (Fsp3) is 0.596. The third-order valence-corrected chi connectivity index (χ3v) is 11.3. The number of hydrogen-bond donors (Lipinski definition) is 3. The molecule has 0 fully saturated rings. The van der Waals surface area contributed by atoms with E-state index in [9.17, 15) is 19.4 Å². The van der Waals surface area contributed by atoms with Gasteiger partial charge in [0.2, 0.25) is 5.91 Å². The minimum atomic E-state index is -4.35. The van der Waals surface area contributed by atoms with E-state index in [1.165, 1.54) is 38.5 Å². The summed E-state index contributed by atoms with van der Waals surface area (Å²) in [5.41, 5.74) is 0. The topological polar surface area (TPSA) is 105 Å². The molecule has 1 amide bonds. The summed E-state index contributed by atoms with van der Waals surface area (Å²) in [7, 11) is 1.52. The summed E-state index contributed by atoms with van der Waals surface area (Å²) in [6, 6.07) is -0.872. The molecule has 0 aromatic carbocycles. The van der Waals surface area contributed by atoms with Gasteiger partial charge in [0, 0.05) is 6.42 Å². The maximum atomic E-state index is 12.8. The number of nitrogens with zero attached hydrogens (tertiary/aromatic N) is 1. The second-order valence-electron chi connectivity index (χ2n) is 17.8. The van der Waals surface area contributed by atoms with Crippen molar-refractivity contribution in [1.29, 1.82) is 0 Å². The molecule has 0 aromatic rings. The van der Waals surface area contributed by atoms with Crippen LogP contribution in [-0.4, -0.2) is 73.4 Å². The molecule has 0 rings (SSSR count). The van der Waals surface area contributed by atoms with Crippen LogP contribution in [0.15, 0.2) is 134 Å². The zero-order valence-electron chi connectivity index (χ0n) is 42.4. The molecule has 66 heavy (non-hydrogen) atoms. The number of nitrogens with one attached hydrogen (secondary N) is 1. The van der Waals surface area contributed by atoms with Gasteiger partial charge in [0.15, 0.2) is 0 Å². The molecule has 0 saturated heterocycles. The molecule has 0 heterocycles. The average molecular weight is 936 g/mol. The van der Waals surface area contributed by atoms with Crippen molar-refractivity contribution in [3.63, 3.8) is 0 Å². The maximum Gasteiger partial charge on any atom is 0.472 e. The van der Waals surface area contributed by atoms with Gasteiger partial charge < -0.3 is 19.8 Å². The van der Waals surface area contributed by atoms with E-state index in [1.54, 1.807) is 6.08 Å². The maximum absolute atomic E-state index is 12.8. The number of hydrogen-bond acceptors (Lipinski definition) is 5. The number of phosphoric ester groups is 1. The van der Waals surface area contributed by atoms with Crippen LogP contribution >= 0.6 is 7.82 Å². The van der Waals surface area contributed by atoms with E-state index in [0.29, 0.717) is 17.4 Å². The van der Waals surface area contributed by atoms with Crippen molar-refractivity contribution < 1.29 is 32.9 Å². The molecule has 3 unspecified atom stereocenters. The largest absolute Gasteiger partial charge is 0.472 e. The van der Waals surface area contributed by atoms with Gasteiger partial charge in [-0.1, -0.05) is 199 Å². The Morgan fingerprint density at radius 2 is 0.924 bits per heavy atom. The third kappa shape index (κ3) is 48.6. The first kappa shape index (κ1) is 62.6. The average Bonchev–Trinajstić information content (AvgIpc) is 3.28. The molecular weight excluding hydrogens is 840 g/mol. The first-order valence-corrected chi connectivity index (χ1v) is 27.1. The molecule has 0 saturated carbocycles. The lowest BCUT2D eigenvalue weighted by Crippen LogP contribution is -2.45. The van der Waals surface area contributed by atoms with Crippen molar-refractivity contribution in [3.8, 4) is 0 Å². The summed E-state index contributed by atoms with van der Waals surface area (Å²) < 4.78 is 23.4. The number of aliphatic hydroxyl groups is 1. The van der Waals surface area contributed by atoms with Crippen LogP contribution in [0, 0.1) is 0 Å². The normalized spacial score (nSPS) is 15.2. The Hall–Kier alpha value is -3.36. The Bertz CT molecular complexity index is 1530. The molecule has 0 aliphatic carbocycles. The monoisotopic (exact) mass is 936 g/mol. The van der Waals surface area contributed by atoms with Gasteiger partial charge in [-0.05, 0) is 96.3 Å². The van der Waals surface area contributed by atoms with Gasteiger partial charge in [0.1, 0.15) is 13.2 Å². The van der Waals surface area contributed by atoms with E-state index >= 15 is 0 Å². The van der Waals surface area contributed by atoms with E-state index in [4.69, 9.17) is 9.05 Å². The number of carbonyl (C=O) groups is 1. The van der Waals surface area contributed by atoms with Gasteiger partial charge in [-0.15, -0.1) is 0 Å². The minimum Gasteiger partial charge on any atom is -0.387 e. The van der Waals surface area contributed by atoms with E-state index in [-0.39, 0.29) is 19.1 Å². The Labute approximate surface area is 405 Å². The predicted octanol–water partition coefficient (Wildman–Crippen LogP) is 15.2. The van der Waals surface area contributed by atoms with E-state index < -0.39 is 20.0 Å². The van der Waals surface area contributed by atoms with Crippen LogP contribution in [0.25, 0.3) is 0 Å². The van der Waals surface area contributed by atoms with Crippen molar-refractivity contribution in [2.24, 2.45) is 0 Å². The van der Waals surface area contributed by atoms with Crippen molar-refractivity contribution in [3.05, 3.63) is 134 Å². The molecule has 3 N–H and O–H groups in total. The van der Waals surface area contributed by atoms with Crippen LogP contribution in [0.5, 0.6) is 0 Å². The smallest absolute Gasteiger partial charge is 0.387 e. The first-order valence-electron chi connectivity index (χ1n) is 25.6. The van der Waals surface area contributed by atoms with E-state index in [2.05, 4.69) is 141 Å². The van der Waals surface area contributed by atoms with Crippen LogP contribution in [0.4, 0.5) is 0 Å². The number of unbranched alkanes of at least 4 members (excludes halogenated alkanes) is 11. The summed E-state index contributed by atoms with van der Waals surface area (Å²) in [5, 5.41) is 13.7. The van der Waals surface area contributed by atoms with Crippen LogP contribution in [0.1, 0.15) is 168 Å². The van der Waals surface area contributed by atoms with Gasteiger partial charge >= 0.3 is 7.82 Å². The molecule has 0 aromatic heterocycles. The van der Waals surface area contributed by atoms with Crippen LogP contribution in [-0.2, 0) is 18.4 Å². The lowest BCUT2D eigenvalue weighted by molar-refractivity contribution is -0.870. The number of phosphoric acid groups is 1. The summed E-state index contributed by atoms with van der Waals surface area (Å²) in [6.45, 7) is 4.53. The Morgan fingerprint density at radius 3 is 1.38 bits per heavy atom. The third-order valence-electron chi connectivity index (χ3n) is 10.3. The summed E-state index contributed by atoms with van der Waals surface area (Å²) >= 11 is 0. The number of carbonyl (C=O) groups excluding carboxylic acids is 1. The number of quaternary nitrogens is 1. The second kappa shape index (κ2) is 46.7. The molecule has 9 heteroatoms. The van der Waals surface area contributed by atoms with Gasteiger partial charge in [-0.3, -0.25) is 13.8 Å². The molecule has 3 atom stereocenters. The van der Waals surface area contributed by atoms with Gasteiger partial charge in [-0.25, -0.2) is 4.57 Å². The van der Waals surface area contributed by atoms with Crippen LogP contribution < -0.4 is 5.32 Å². The molecule has 0 aliphatic rings. The summed E-state index contributed by atoms with van der Waals surface area (Å²) in [6.07, 6.45) is 71.5. The molecule has 0 radical (unpaired) electrons. The van der Waals surface area contributed by atoms with E-state index in [1.807, 2.05) is 27.2 Å². The number of allylic oxidation sites excluding steroid dienone is 21. The van der Waals surface area contributed by atoms with Crippen LogP contribution in [0.2, 0.25) is 0 Å². The molecule has 0 aliphatic heterocycles. The first-order chi connectivity index (χ1) is 32.0. The number of likely N-dealkylation sites (N-methyl/N-ethyl adjacent to an activating group) is 1. The summed E-state index contributed by atoms with van der Waals surface area (Å²) in [5.74, 6) is -0.206. The van der Waals surface area contributed by atoms with Crippen molar-refractivity contribution in [2.75, 3.05) is 40.9 Å². The molecule has 374 valence electrons. The second-order valence-corrected chi connectivity index (χ2v) is 19.3. The fourth-order valence-corrected chi connectivity index (χ4v) is 7.08. The molecular formula is C57H96N2O6P+.